The van der Waals surface area contributed by atoms with Crippen molar-refractivity contribution in [3.63, 3.8) is 0 Å². The van der Waals surface area contributed by atoms with Crippen molar-refractivity contribution in [1.29, 1.82) is 0 Å². The summed E-state index contributed by atoms with van der Waals surface area (Å²) in [5, 5.41) is 35.8. The van der Waals surface area contributed by atoms with Crippen molar-refractivity contribution >= 4 is 5.91 Å². The molecule has 1 aromatic carbocycles. The Morgan fingerprint density at radius 1 is 1.23 bits per heavy atom. The highest BCUT2D eigenvalue weighted by Gasteiger charge is 2.22. The van der Waals surface area contributed by atoms with Gasteiger partial charge in [0.2, 0.25) is 5.91 Å². The maximum atomic E-state index is 12.2. The Bertz CT molecular complexity index is 896. The molecule has 1 unspecified atom stereocenters. The minimum Gasteiger partial charge on any atom is -0.506 e. The smallest absolute Gasteiger partial charge is 0.224 e. The molecular weight excluding hydrogens is 394 g/mol. The van der Waals surface area contributed by atoms with E-state index in [0.717, 1.165) is 30.4 Å². The van der Waals surface area contributed by atoms with Crippen LogP contribution in [0, 0.1) is 0 Å². The van der Waals surface area contributed by atoms with E-state index in [0.29, 0.717) is 18.2 Å². The standard InChI is InChI=1S/C24H33N3O4/c1-24(2,25-14-22(30)19-9-10-21(29)20(15-28)27-19)13-17-6-3-5-16(11-17)12-23(31)26-18-7-4-8-18/h3,5-6,9-11,18,22,25,28-30H,4,7-8,12-15H2,1-2H3,(H,26,31). The molecule has 1 aliphatic rings. The zero-order valence-electron chi connectivity index (χ0n) is 18.3. The molecule has 0 saturated heterocycles. The SMILES string of the molecule is CC(C)(Cc1cccc(CC(=O)NC2CCC2)c1)NCC(O)c1ccc(O)c(CO)n1. The van der Waals surface area contributed by atoms with Crippen LogP contribution in [0.15, 0.2) is 36.4 Å². The second kappa shape index (κ2) is 10.2. The molecule has 0 spiro atoms. The van der Waals surface area contributed by atoms with Crippen molar-refractivity contribution in [2.45, 2.75) is 70.2 Å². The zero-order valence-corrected chi connectivity index (χ0v) is 18.3. The number of hydrogen-bond donors (Lipinski definition) is 5. The summed E-state index contributed by atoms with van der Waals surface area (Å²) in [4.78, 5) is 16.3. The van der Waals surface area contributed by atoms with Gasteiger partial charge >= 0.3 is 0 Å². The minimum absolute atomic E-state index is 0.0750. The number of nitrogens with one attached hydrogen (secondary N) is 2. The van der Waals surface area contributed by atoms with Gasteiger partial charge in [-0.05, 0) is 62.8 Å². The fraction of sp³-hybridized carbons (Fsp3) is 0.500. The fourth-order valence-electron chi connectivity index (χ4n) is 3.73. The van der Waals surface area contributed by atoms with Crippen LogP contribution in [0.5, 0.6) is 5.75 Å². The molecule has 1 saturated carbocycles. The normalized spacial score (nSPS) is 15.4. The molecular formula is C24H33N3O4. The number of hydrogen-bond acceptors (Lipinski definition) is 6. The largest absolute Gasteiger partial charge is 0.506 e. The average molecular weight is 428 g/mol. The number of aliphatic hydroxyl groups excluding tert-OH is 2. The lowest BCUT2D eigenvalue weighted by molar-refractivity contribution is -0.121. The highest BCUT2D eigenvalue weighted by Crippen LogP contribution is 2.21. The van der Waals surface area contributed by atoms with Gasteiger partial charge in [-0.3, -0.25) is 4.79 Å². The van der Waals surface area contributed by atoms with Gasteiger partial charge in [0, 0.05) is 18.1 Å². The molecule has 3 rings (SSSR count). The Balaban J connectivity index is 1.54. The Morgan fingerprint density at radius 3 is 2.65 bits per heavy atom. The maximum Gasteiger partial charge on any atom is 0.224 e. The van der Waals surface area contributed by atoms with E-state index < -0.39 is 6.10 Å². The number of aromatic nitrogens is 1. The Kier molecular flexibility index (Phi) is 7.64. The van der Waals surface area contributed by atoms with E-state index in [4.69, 9.17) is 0 Å². The van der Waals surface area contributed by atoms with E-state index in [2.05, 4.69) is 35.5 Å². The fourth-order valence-corrected chi connectivity index (χ4v) is 3.73. The molecule has 0 radical (unpaired) electrons. The van der Waals surface area contributed by atoms with E-state index in [1.165, 1.54) is 12.5 Å². The van der Waals surface area contributed by atoms with E-state index in [1.807, 2.05) is 18.2 Å². The molecule has 1 atom stereocenters. The molecule has 168 valence electrons. The van der Waals surface area contributed by atoms with E-state index in [1.54, 1.807) is 6.07 Å². The first-order chi connectivity index (χ1) is 14.8. The predicted octanol–water partition coefficient (Wildman–Crippen LogP) is 2.14. The zero-order chi connectivity index (χ0) is 22.4. The topological polar surface area (TPSA) is 115 Å². The lowest BCUT2D eigenvalue weighted by Gasteiger charge is -2.28. The molecule has 1 aromatic heterocycles. The number of pyridine rings is 1. The minimum atomic E-state index is -0.869. The van der Waals surface area contributed by atoms with Crippen molar-refractivity contribution in [3.8, 4) is 5.75 Å². The van der Waals surface area contributed by atoms with Crippen LogP contribution in [0.1, 0.15) is 61.7 Å². The summed E-state index contributed by atoms with van der Waals surface area (Å²) in [5.74, 6) is -0.0148. The van der Waals surface area contributed by atoms with Crippen LogP contribution < -0.4 is 10.6 Å². The third kappa shape index (κ3) is 6.75. The van der Waals surface area contributed by atoms with Gasteiger partial charge in [0.1, 0.15) is 17.5 Å². The average Bonchev–Trinajstić information content (AvgIpc) is 2.69. The lowest BCUT2D eigenvalue weighted by Crippen LogP contribution is -2.43. The lowest BCUT2D eigenvalue weighted by atomic mass is 9.92. The Morgan fingerprint density at radius 2 is 1.97 bits per heavy atom. The first kappa shape index (κ1) is 23.2. The first-order valence-corrected chi connectivity index (χ1v) is 10.9. The molecule has 1 aliphatic carbocycles. The van der Waals surface area contributed by atoms with E-state index >= 15 is 0 Å². The van der Waals surface area contributed by atoms with Crippen molar-refractivity contribution in [1.82, 2.24) is 15.6 Å². The van der Waals surface area contributed by atoms with Gasteiger partial charge in [0.05, 0.1) is 18.7 Å². The second-order valence-corrected chi connectivity index (χ2v) is 9.01. The number of carbonyl (C=O) groups is 1. The molecule has 31 heavy (non-hydrogen) atoms. The number of carbonyl (C=O) groups excluding carboxylic acids is 1. The Hall–Kier alpha value is -2.48. The summed E-state index contributed by atoms with van der Waals surface area (Å²) in [6.45, 7) is 4.00. The van der Waals surface area contributed by atoms with E-state index in [9.17, 15) is 20.1 Å². The molecule has 7 heteroatoms. The predicted molar refractivity (Wildman–Crippen MR) is 118 cm³/mol. The molecule has 0 bridgehead atoms. The van der Waals surface area contributed by atoms with Crippen LogP contribution in [0.4, 0.5) is 0 Å². The van der Waals surface area contributed by atoms with Crippen LogP contribution in [0.2, 0.25) is 0 Å². The summed E-state index contributed by atoms with van der Waals surface area (Å²) in [6, 6.07) is 11.4. The van der Waals surface area contributed by atoms with Gasteiger partial charge in [0.15, 0.2) is 0 Å². The number of rotatable bonds is 10. The van der Waals surface area contributed by atoms with Crippen molar-refractivity contribution in [2.75, 3.05) is 6.54 Å². The van der Waals surface area contributed by atoms with Crippen LogP contribution >= 0.6 is 0 Å². The first-order valence-electron chi connectivity index (χ1n) is 10.9. The highest BCUT2D eigenvalue weighted by atomic mass is 16.3. The van der Waals surface area contributed by atoms with Crippen LogP contribution in [0.25, 0.3) is 0 Å². The molecule has 1 amide bonds. The number of aromatic hydroxyl groups is 1. The third-order valence-electron chi connectivity index (χ3n) is 5.71. The summed E-state index contributed by atoms with van der Waals surface area (Å²) in [7, 11) is 0. The number of amides is 1. The van der Waals surface area contributed by atoms with Gasteiger partial charge in [-0.2, -0.15) is 0 Å². The summed E-state index contributed by atoms with van der Waals surface area (Å²) in [5.41, 5.74) is 2.35. The number of β-amino-alcohol motifs (C(OH)–C–C–N with tert-alkyl or cyclic N) is 1. The quantitative estimate of drug-likeness (QED) is 0.397. The molecule has 5 N–H and O–H groups in total. The third-order valence-corrected chi connectivity index (χ3v) is 5.71. The molecule has 1 heterocycles. The van der Waals surface area contributed by atoms with Gasteiger partial charge in [-0.15, -0.1) is 0 Å². The van der Waals surface area contributed by atoms with Crippen molar-refractivity contribution in [2.24, 2.45) is 0 Å². The van der Waals surface area contributed by atoms with Crippen LogP contribution in [-0.2, 0) is 24.2 Å². The van der Waals surface area contributed by atoms with Crippen molar-refractivity contribution in [3.05, 3.63) is 58.9 Å². The second-order valence-electron chi connectivity index (χ2n) is 9.01. The molecule has 0 aliphatic heterocycles. The molecule has 2 aromatic rings. The van der Waals surface area contributed by atoms with Crippen LogP contribution in [0.3, 0.4) is 0 Å². The maximum absolute atomic E-state index is 12.2. The van der Waals surface area contributed by atoms with Crippen molar-refractivity contribution < 1.29 is 20.1 Å². The monoisotopic (exact) mass is 427 g/mol. The number of nitrogens with zero attached hydrogens (tertiary/aromatic N) is 1. The summed E-state index contributed by atoms with van der Waals surface area (Å²) < 4.78 is 0. The highest BCUT2D eigenvalue weighted by molar-refractivity contribution is 5.79. The van der Waals surface area contributed by atoms with E-state index in [-0.39, 0.29) is 36.0 Å². The molecule has 1 fully saturated rings. The number of aliphatic hydroxyl groups is 2. The van der Waals surface area contributed by atoms with Crippen LogP contribution in [-0.4, -0.2) is 44.3 Å². The van der Waals surface area contributed by atoms with Gasteiger partial charge in [0.25, 0.3) is 0 Å². The summed E-state index contributed by atoms with van der Waals surface area (Å²) in [6.07, 6.45) is 3.60. The van der Waals surface area contributed by atoms with Gasteiger partial charge in [-0.1, -0.05) is 24.3 Å². The van der Waals surface area contributed by atoms with Gasteiger partial charge < -0.3 is 26.0 Å². The summed E-state index contributed by atoms with van der Waals surface area (Å²) >= 11 is 0. The van der Waals surface area contributed by atoms with Gasteiger partial charge in [-0.25, -0.2) is 4.98 Å². The molecule has 7 nitrogen and oxygen atoms in total. The number of benzene rings is 1. The Labute approximate surface area is 183 Å².